The monoisotopic (exact) mass is 249 g/mol. The number of thioether (sulfide) groups is 1. The number of hydrogen-bond donors (Lipinski definition) is 1. The molecule has 1 nitrogen and oxygen atoms in total. The van der Waals surface area contributed by atoms with Gasteiger partial charge in [-0.05, 0) is 42.7 Å². The van der Waals surface area contributed by atoms with Crippen molar-refractivity contribution in [3.63, 3.8) is 0 Å². The summed E-state index contributed by atoms with van der Waals surface area (Å²) in [5.74, 6) is 2.26. The quantitative estimate of drug-likeness (QED) is 0.784. The van der Waals surface area contributed by atoms with E-state index in [2.05, 4.69) is 24.3 Å². The molecule has 0 heterocycles. The SMILES string of the molecule is CC(N)c1cccc(SCCC2CCCC2)c1. The third-order valence-corrected chi connectivity index (χ3v) is 4.68. The van der Waals surface area contributed by atoms with Crippen LogP contribution in [0.1, 0.15) is 50.6 Å². The molecular formula is C15H23NS. The molecule has 0 amide bonds. The molecular weight excluding hydrogens is 226 g/mol. The van der Waals surface area contributed by atoms with Crippen LogP contribution < -0.4 is 5.73 Å². The van der Waals surface area contributed by atoms with E-state index >= 15 is 0 Å². The van der Waals surface area contributed by atoms with Crippen molar-refractivity contribution >= 4 is 11.8 Å². The minimum Gasteiger partial charge on any atom is -0.324 e. The Morgan fingerprint density at radius 3 is 2.82 bits per heavy atom. The molecule has 2 N–H and O–H groups in total. The second kappa shape index (κ2) is 6.46. The van der Waals surface area contributed by atoms with E-state index in [1.165, 1.54) is 48.3 Å². The van der Waals surface area contributed by atoms with Gasteiger partial charge in [0.05, 0.1) is 0 Å². The molecule has 94 valence electrons. The van der Waals surface area contributed by atoms with E-state index in [-0.39, 0.29) is 6.04 Å². The van der Waals surface area contributed by atoms with Crippen LogP contribution in [0, 0.1) is 5.92 Å². The summed E-state index contributed by atoms with van der Waals surface area (Å²) in [4.78, 5) is 1.37. The van der Waals surface area contributed by atoms with E-state index in [4.69, 9.17) is 5.73 Å². The molecule has 1 atom stereocenters. The fourth-order valence-corrected chi connectivity index (χ4v) is 3.61. The number of benzene rings is 1. The van der Waals surface area contributed by atoms with E-state index in [0.29, 0.717) is 0 Å². The Hall–Kier alpha value is -0.470. The topological polar surface area (TPSA) is 26.0 Å². The molecule has 1 aliphatic rings. The van der Waals surface area contributed by atoms with Crippen LogP contribution in [0.3, 0.4) is 0 Å². The molecule has 0 saturated heterocycles. The molecule has 0 aliphatic heterocycles. The summed E-state index contributed by atoms with van der Waals surface area (Å²) < 4.78 is 0. The predicted octanol–water partition coefficient (Wildman–Crippen LogP) is 4.38. The zero-order chi connectivity index (χ0) is 12.1. The minimum atomic E-state index is 0.144. The summed E-state index contributed by atoms with van der Waals surface area (Å²) >= 11 is 1.98. The van der Waals surface area contributed by atoms with Gasteiger partial charge in [-0.3, -0.25) is 0 Å². The van der Waals surface area contributed by atoms with Crippen molar-refractivity contribution < 1.29 is 0 Å². The lowest BCUT2D eigenvalue weighted by molar-refractivity contribution is 0.535. The van der Waals surface area contributed by atoms with Crippen LogP contribution in [0.4, 0.5) is 0 Å². The predicted molar refractivity (Wildman–Crippen MR) is 76.3 cm³/mol. The van der Waals surface area contributed by atoms with Gasteiger partial charge in [0.1, 0.15) is 0 Å². The van der Waals surface area contributed by atoms with E-state index in [9.17, 15) is 0 Å². The van der Waals surface area contributed by atoms with Crippen LogP contribution in [0.25, 0.3) is 0 Å². The Morgan fingerprint density at radius 1 is 1.35 bits per heavy atom. The van der Waals surface area contributed by atoms with Gasteiger partial charge in [0.25, 0.3) is 0 Å². The molecule has 1 fully saturated rings. The fraction of sp³-hybridized carbons (Fsp3) is 0.600. The average molecular weight is 249 g/mol. The van der Waals surface area contributed by atoms with Gasteiger partial charge >= 0.3 is 0 Å². The van der Waals surface area contributed by atoms with Crippen molar-refractivity contribution in [2.75, 3.05) is 5.75 Å². The van der Waals surface area contributed by atoms with Crippen LogP contribution in [-0.2, 0) is 0 Å². The highest BCUT2D eigenvalue weighted by Gasteiger charge is 2.14. The first-order valence-corrected chi connectivity index (χ1v) is 7.72. The highest BCUT2D eigenvalue weighted by molar-refractivity contribution is 7.99. The molecule has 0 aromatic heterocycles. The lowest BCUT2D eigenvalue weighted by atomic mass is 10.1. The second-order valence-corrected chi connectivity index (χ2v) is 6.32. The normalized spacial score (nSPS) is 18.5. The first-order valence-electron chi connectivity index (χ1n) is 6.74. The first-order chi connectivity index (χ1) is 8.25. The van der Waals surface area contributed by atoms with Gasteiger partial charge in [0.15, 0.2) is 0 Å². The zero-order valence-corrected chi connectivity index (χ0v) is 11.5. The van der Waals surface area contributed by atoms with Gasteiger partial charge in [-0.15, -0.1) is 11.8 Å². The van der Waals surface area contributed by atoms with Gasteiger partial charge in [0, 0.05) is 10.9 Å². The Balaban J connectivity index is 1.79. The molecule has 1 aromatic rings. The highest BCUT2D eigenvalue weighted by atomic mass is 32.2. The van der Waals surface area contributed by atoms with Crippen molar-refractivity contribution in [2.45, 2.75) is 50.0 Å². The molecule has 1 aromatic carbocycles. The second-order valence-electron chi connectivity index (χ2n) is 5.15. The van der Waals surface area contributed by atoms with Gasteiger partial charge in [0.2, 0.25) is 0 Å². The maximum Gasteiger partial charge on any atom is 0.0266 e. The molecule has 1 unspecified atom stereocenters. The van der Waals surface area contributed by atoms with Crippen LogP contribution >= 0.6 is 11.8 Å². The fourth-order valence-electron chi connectivity index (χ4n) is 2.53. The molecule has 1 aliphatic carbocycles. The van der Waals surface area contributed by atoms with Gasteiger partial charge in [-0.2, -0.15) is 0 Å². The van der Waals surface area contributed by atoms with E-state index < -0.39 is 0 Å². The molecule has 17 heavy (non-hydrogen) atoms. The van der Waals surface area contributed by atoms with Crippen LogP contribution in [0.5, 0.6) is 0 Å². The Kier molecular flexibility index (Phi) is 4.93. The summed E-state index contributed by atoms with van der Waals surface area (Å²) in [6.07, 6.45) is 7.21. The lowest BCUT2D eigenvalue weighted by Gasteiger charge is -2.10. The van der Waals surface area contributed by atoms with Crippen molar-refractivity contribution in [1.29, 1.82) is 0 Å². The standard InChI is InChI=1S/C15H23NS/c1-12(16)14-7-4-8-15(11-14)17-10-9-13-5-2-3-6-13/h4,7-8,11-13H,2-3,5-6,9-10,16H2,1H3. The summed E-state index contributed by atoms with van der Waals surface area (Å²) in [6, 6.07) is 8.82. The zero-order valence-electron chi connectivity index (χ0n) is 10.7. The van der Waals surface area contributed by atoms with E-state index in [0.717, 1.165) is 5.92 Å². The van der Waals surface area contributed by atoms with Crippen LogP contribution in [0.2, 0.25) is 0 Å². The summed E-state index contributed by atoms with van der Waals surface area (Å²) in [7, 11) is 0. The van der Waals surface area contributed by atoms with Crippen molar-refractivity contribution in [2.24, 2.45) is 11.7 Å². The first kappa shape index (κ1) is 13.0. The molecule has 0 bridgehead atoms. The summed E-state index contributed by atoms with van der Waals surface area (Å²) in [5, 5.41) is 0. The Morgan fingerprint density at radius 2 is 2.12 bits per heavy atom. The van der Waals surface area contributed by atoms with Crippen molar-refractivity contribution in [1.82, 2.24) is 0 Å². The van der Waals surface area contributed by atoms with Gasteiger partial charge in [-0.1, -0.05) is 37.8 Å². The molecule has 2 heteroatoms. The van der Waals surface area contributed by atoms with Crippen molar-refractivity contribution in [3.8, 4) is 0 Å². The summed E-state index contributed by atoms with van der Waals surface area (Å²) in [5.41, 5.74) is 7.15. The maximum absolute atomic E-state index is 5.90. The molecule has 2 rings (SSSR count). The number of nitrogens with two attached hydrogens (primary N) is 1. The van der Waals surface area contributed by atoms with Crippen molar-refractivity contribution in [3.05, 3.63) is 29.8 Å². The highest BCUT2D eigenvalue weighted by Crippen LogP contribution is 2.30. The average Bonchev–Trinajstić information content (AvgIpc) is 2.82. The lowest BCUT2D eigenvalue weighted by Crippen LogP contribution is -2.04. The number of hydrogen-bond acceptors (Lipinski definition) is 2. The Labute approximate surface area is 109 Å². The number of rotatable bonds is 5. The van der Waals surface area contributed by atoms with Gasteiger partial charge in [-0.25, -0.2) is 0 Å². The van der Waals surface area contributed by atoms with E-state index in [1.54, 1.807) is 0 Å². The Bertz CT molecular complexity index is 343. The maximum atomic E-state index is 5.90. The molecule has 0 radical (unpaired) electrons. The minimum absolute atomic E-state index is 0.144. The third-order valence-electron chi connectivity index (χ3n) is 3.65. The van der Waals surface area contributed by atoms with Crippen LogP contribution in [-0.4, -0.2) is 5.75 Å². The van der Waals surface area contributed by atoms with E-state index in [1.807, 2.05) is 18.7 Å². The largest absolute Gasteiger partial charge is 0.324 e. The molecule has 0 spiro atoms. The van der Waals surface area contributed by atoms with Gasteiger partial charge < -0.3 is 5.73 Å². The smallest absolute Gasteiger partial charge is 0.0266 e. The molecule has 1 saturated carbocycles. The third kappa shape index (κ3) is 4.04. The summed E-state index contributed by atoms with van der Waals surface area (Å²) in [6.45, 7) is 2.04. The van der Waals surface area contributed by atoms with Crippen LogP contribution in [0.15, 0.2) is 29.2 Å².